The number of carbonyl (C=O) groups is 1. The Hall–Kier alpha value is -1.29. The Kier molecular flexibility index (Phi) is 2.29. The highest BCUT2D eigenvalue weighted by molar-refractivity contribution is 9.10. The van der Waals surface area contributed by atoms with Gasteiger partial charge in [-0.3, -0.25) is 4.79 Å². The number of aldehydes is 1. The van der Waals surface area contributed by atoms with Crippen LogP contribution in [0.2, 0.25) is 0 Å². The van der Waals surface area contributed by atoms with Gasteiger partial charge >= 0.3 is 0 Å². The van der Waals surface area contributed by atoms with Gasteiger partial charge in [0.1, 0.15) is 5.75 Å². The molecule has 14 heavy (non-hydrogen) atoms. The highest BCUT2D eigenvalue weighted by Gasteiger charge is 2.10. The third-order valence-electron chi connectivity index (χ3n) is 2.13. The smallest absolute Gasteiger partial charge is 0.152 e. The number of rotatable bonds is 2. The molecule has 72 valence electrons. The average Bonchev–Trinajstić information content (AvgIpc) is 2.62. The quantitative estimate of drug-likeness (QED) is 0.837. The van der Waals surface area contributed by atoms with E-state index in [4.69, 9.17) is 4.74 Å². The first kappa shape index (κ1) is 9.27. The lowest BCUT2D eigenvalue weighted by atomic mass is 10.2. The Balaban J connectivity index is 2.83. The molecule has 0 saturated carbocycles. The molecule has 0 saturated heterocycles. The lowest BCUT2D eigenvalue weighted by molar-refractivity contribution is 0.112. The fourth-order valence-electron chi connectivity index (χ4n) is 1.44. The summed E-state index contributed by atoms with van der Waals surface area (Å²) in [6.45, 7) is 0. The minimum Gasteiger partial charge on any atom is -0.496 e. The van der Waals surface area contributed by atoms with Gasteiger partial charge in [-0.1, -0.05) is 0 Å². The van der Waals surface area contributed by atoms with Crippen LogP contribution in [0.3, 0.4) is 0 Å². The number of aromatic amines is 1. The van der Waals surface area contributed by atoms with Crippen LogP contribution >= 0.6 is 15.9 Å². The fourth-order valence-corrected chi connectivity index (χ4v) is 2.17. The Labute approximate surface area is 89.2 Å². The molecule has 0 aliphatic carbocycles. The lowest BCUT2D eigenvalue weighted by Crippen LogP contribution is -1.85. The SMILES string of the molecule is COc1ccc2[nH]cc(C=O)c2c1Br. The van der Waals surface area contributed by atoms with Gasteiger partial charge < -0.3 is 9.72 Å². The predicted molar refractivity (Wildman–Crippen MR) is 57.9 cm³/mol. The summed E-state index contributed by atoms with van der Waals surface area (Å²) >= 11 is 3.41. The maximum Gasteiger partial charge on any atom is 0.152 e. The van der Waals surface area contributed by atoms with Crippen LogP contribution in [0.1, 0.15) is 10.4 Å². The van der Waals surface area contributed by atoms with Gasteiger partial charge in [-0.25, -0.2) is 0 Å². The summed E-state index contributed by atoms with van der Waals surface area (Å²) in [6.07, 6.45) is 2.50. The van der Waals surface area contributed by atoms with Crippen molar-refractivity contribution in [3.8, 4) is 5.75 Å². The standard InChI is InChI=1S/C10H8BrNO2/c1-14-8-3-2-7-9(10(8)11)6(5-13)4-12-7/h2-5,12H,1H3. The first-order valence-electron chi connectivity index (χ1n) is 4.06. The van der Waals surface area contributed by atoms with Crippen molar-refractivity contribution in [2.24, 2.45) is 0 Å². The molecule has 0 radical (unpaired) electrons. The summed E-state index contributed by atoms with van der Waals surface area (Å²) in [5.74, 6) is 0.722. The Morgan fingerprint density at radius 1 is 1.50 bits per heavy atom. The highest BCUT2D eigenvalue weighted by atomic mass is 79.9. The van der Waals surface area contributed by atoms with E-state index < -0.39 is 0 Å². The number of carbonyl (C=O) groups excluding carboxylic acids is 1. The largest absolute Gasteiger partial charge is 0.496 e. The van der Waals surface area contributed by atoms with Crippen LogP contribution in [0, 0.1) is 0 Å². The molecule has 1 aromatic carbocycles. The Morgan fingerprint density at radius 3 is 2.93 bits per heavy atom. The van der Waals surface area contributed by atoms with Crippen molar-refractivity contribution in [3.63, 3.8) is 0 Å². The van der Waals surface area contributed by atoms with Crippen LogP contribution < -0.4 is 4.74 Å². The number of hydrogen-bond acceptors (Lipinski definition) is 2. The van der Waals surface area contributed by atoms with E-state index in [2.05, 4.69) is 20.9 Å². The van der Waals surface area contributed by atoms with E-state index in [-0.39, 0.29) is 0 Å². The van der Waals surface area contributed by atoms with Gasteiger partial charge in [0.15, 0.2) is 6.29 Å². The molecule has 2 rings (SSSR count). The second-order valence-electron chi connectivity index (χ2n) is 2.87. The van der Waals surface area contributed by atoms with E-state index in [9.17, 15) is 4.79 Å². The van der Waals surface area contributed by atoms with Gasteiger partial charge in [-0.2, -0.15) is 0 Å². The molecule has 1 aromatic heterocycles. The first-order valence-corrected chi connectivity index (χ1v) is 4.86. The molecule has 0 atom stereocenters. The molecule has 4 heteroatoms. The summed E-state index contributed by atoms with van der Waals surface area (Å²) < 4.78 is 5.95. The van der Waals surface area contributed by atoms with Gasteiger partial charge in [0.05, 0.1) is 11.6 Å². The van der Waals surface area contributed by atoms with E-state index >= 15 is 0 Å². The Morgan fingerprint density at radius 2 is 2.29 bits per heavy atom. The van der Waals surface area contributed by atoms with Gasteiger partial charge in [-0.15, -0.1) is 0 Å². The van der Waals surface area contributed by atoms with Crippen molar-refractivity contribution in [3.05, 3.63) is 28.4 Å². The van der Waals surface area contributed by atoms with E-state index in [1.54, 1.807) is 13.3 Å². The number of methoxy groups -OCH3 is 1. The molecule has 0 spiro atoms. The number of aromatic nitrogens is 1. The summed E-state index contributed by atoms with van der Waals surface area (Å²) in [5.41, 5.74) is 1.55. The van der Waals surface area contributed by atoms with Crippen LogP contribution in [0.5, 0.6) is 5.75 Å². The van der Waals surface area contributed by atoms with Gasteiger partial charge in [0, 0.05) is 22.7 Å². The molecule has 0 unspecified atom stereocenters. The molecule has 2 aromatic rings. The van der Waals surface area contributed by atoms with Crippen LogP contribution in [0.15, 0.2) is 22.8 Å². The van der Waals surface area contributed by atoms with Crippen molar-refractivity contribution in [2.75, 3.05) is 7.11 Å². The minimum atomic E-state index is 0.630. The summed E-state index contributed by atoms with van der Waals surface area (Å²) in [6, 6.07) is 3.73. The van der Waals surface area contributed by atoms with Crippen LogP contribution in [-0.2, 0) is 0 Å². The van der Waals surface area contributed by atoms with Crippen molar-refractivity contribution in [1.29, 1.82) is 0 Å². The van der Waals surface area contributed by atoms with Crippen molar-refractivity contribution in [2.45, 2.75) is 0 Å². The van der Waals surface area contributed by atoms with Crippen LogP contribution in [-0.4, -0.2) is 18.4 Å². The fraction of sp³-hybridized carbons (Fsp3) is 0.100. The molecule has 0 aliphatic rings. The zero-order chi connectivity index (χ0) is 10.1. The molecule has 0 bridgehead atoms. The van der Waals surface area contributed by atoms with Crippen molar-refractivity contribution in [1.82, 2.24) is 4.98 Å². The number of benzene rings is 1. The molecule has 3 nitrogen and oxygen atoms in total. The third kappa shape index (κ3) is 1.23. The maximum absolute atomic E-state index is 10.8. The number of fused-ring (bicyclic) bond motifs is 1. The zero-order valence-electron chi connectivity index (χ0n) is 7.50. The summed E-state index contributed by atoms with van der Waals surface area (Å²) in [5, 5.41) is 0.861. The van der Waals surface area contributed by atoms with E-state index in [0.29, 0.717) is 5.56 Å². The number of halogens is 1. The molecule has 0 amide bonds. The van der Waals surface area contributed by atoms with Gasteiger partial charge in [0.25, 0.3) is 0 Å². The normalized spacial score (nSPS) is 10.4. The van der Waals surface area contributed by atoms with Crippen LogP contribution in [0.25, 0.3) is 10.9 Å². The molecule has 1 N–H and O–H groups in total. The van der Waals surface area contributed by atoms with Crippen molar-refractivity contribution >= 4 is 33.1 Å². The summed E-state index contributed by atoms with van der Waals surface area (Å²) in [7, 11) is 1.60. The summed E-state index contributed by atoms with van der Waals surface area (Å²) in [4.78, 5) is 13.8. The molecule has 0 aliphatic heterocycles. The minimum absolute atomic E-state index is 0.630. The molecular formula is C10H8BrNO2. The topological polar surface area (TPSA) is 42.1 Å². The lowest BCUT2D eigenvalue weighted by Gasteiger charge is -2.03. The predicted octanol–water partition coefficient (Wildman–Crippen LogP) is 2.75. The number of H-pyrrole nitrogens is 1. The van der Waals surface area contributed by atoms with E-state index in [1.807, 2.05) is 12.1 Å². The van der Waals surface area contributed by atoms with Crippen LogP contribution in [0.4, 0.5) is 0 Å². The van der Waals surface area contributed by atoms with Crippen molar-refractivity contribution < 1.29 is 9.53 Å². The Bertz CT molecular complexity index is 490. The first-order chi connectivity index (χ1) is 6.77. The third-order valence-corrected chi connectivity index (χ3v) is 2.91. The molecule has 0 fully saturated rings. The monoisotopic (exact) mass is 253 g/mol. The average molecular weight is 254 g/mol. The molecular weight excluding hydrogens is 246 g/mol. The number of nitrogens with one attached hydrogen (secondary N) is 1. The second-order valence-corrected chi connectivity index (χ2v) is 3.66. The second kappa shape index (κ2) is 3.46. The highest BCUT2D eigenvalue weighted by Crippen LogP contribution is 2.34. The van der Waals surface area contributed by atoms with E-state index in [0.717, 1.165) is 27.4 Å². The zero-order valence-corrected chi connectivity index (χ0v) is 9.09. The number of hydrogen-bond donors (Lipinski definition) is 1. The van der Waals surface area contributed by atoms with Gasteiger partial charge in [-0.05, 0) is 28.1 Å². The van der Waals surface area contributed by atoms with Gasteiger partial charge in [0.2, 0.25) is 0 Å². The number of ether oxygens (including phenoxy) is 1. The maximum atomic E-state index is 10.8. The van der Waals surface area contributed by atoms with E-state index in [1.165, 1.54) is 0 Å². The molecule has 1 heterocycles.